The zero-order valence-electron chi connectivity index (χ0n) is 15.4. The van der Waals surface area contributed by atoms with Gasteiger partial charge in [0.2, 0.25) is 0 Å². The Morgan fingerprint density at radius 3 is 2.52 bits per heavy atom. The smallest absolute Gasteiger partial charge is 0.387 e. The lowest BCUT2D eigenvalue weighted by Gasteiger charge is -2.24. The minimum atomic E-state index is -2.89. The van der Waals surface area contributed by atoms with Crippen LogP contribution in [0, 0.1) is 0 Å². The molecule has 0 aliphatic rings. The standard InChI is InChI=1S/C17H27F2N3O3/c1-6-24-14-9-12(7-8-13(14)25-15(18)19)10-21-16(20-4)22-11-17(2,3)23-5/h7-9,15H,6,10-11H2,1-5H3,(H2,20,21,22). The summed E-state index contributed by atoms with van der Waals surface area (Å²) in [6.07, 6.45) is 0. The Kier molecular flexibility index (Phi) is 8.40. The Morgan fingerprint density at radius 1 is 1.24 bits per heavy atom. The highest BCUT2D eigenvalue weighted by Crippen LogP contribution is 2.29. The molecule has 0 unspecified atom stereocenters. The van der Waals surface area contributed by atoms with Crippen molar-refractivity contribution in [3.8, 4) is 11.5 Å². The highest BCUT2D eigenvalue weighted by Gasteiger charge is 2.16. The van der Waals surface area contributed by atoms with E-state index in [1.807, 2.05) is 13.8 Å². The number of benzene rings is 1. The third kappa shape index (κ3) is 7.55. The molecule has 1 rings (SSSR count). The first-order valence-electron chi connectivity index (χ1n) is 8.01. The van der Waals surface area contributed by atoms with Crippen molar-refractivity contribution < 1.29 is 23.0 Å². The van der Waals surface area contributed by atoms with Gasteiger partial charge in [-0.05, 0) is 38.5 Å². The molecule has 142 valence electrons. The van der Waals surface area contributed by atoms with E-state index >= 15 is 0 Å². The predicted octanol–water partition coefficient (Wildman–Crippen LogP) is 2.78. The van der Waals surface area contributed by atoms with Gasteiger partial charge in [-0.15, -0.1) is 0 Å². The van der Waals surface area contributed by atoms with E-state index in [1.54, 1.807) is 33.2 Å². The fourth-order valence-electron chi connectivity index (χ4n) is 1.90. The molecule has 0 fully saturated rings. The summed E-state index contributed by atoms with van der Waals surface area (Å²) in [5.41, 5.74) is 0.521. The number of hydrogen-bond acceptors (Lipinski definition) is 4. The number of nitrogens with one attached hydrogen (secondary N) is 2. The van der Waals surface area contributed by atoms with Crippen molar-refractivity contribution in [1.82, 2.24) is 10.6 Å². The summed E-state index contributed by atoms with van der Waals surface area (Å²) in [5.74, 6) is 0.909. The molecule has 0 aliphatic carbocycles. The molecule has 0 bridgehead atoms. The second-order valence-electron chi connectivity index (χ2n) is 5.84. The second kappa shape index (κ2) is 10.0. The van der Waals surface area contributed by atoms with Crippen molar-refractivity contribution in [1.29, 1.82) is 0 Å². The molecule has 1 aromatic carbocycles. The molecule has 0 atom stereocenters. The van der Waals surface area contributed by atoms with Crippen molar-refractivity contribution in [2.45, 2.75) is 39.5 Å². The fraction of sp³-hybridized carbons (Fsp3) is 0.588. The summed E-state index contributed by atoms with van der Waals surface area (Å²) in [6, 6.07) is 4.83. The maximum Gasteiger partial charge on any atom is 0.387 e. The second-order valence-corrected chi connectivity index (χ2v) is 5.84. The zero-order chi connectivity index (χ0) is 18.9. The number of ether oxygens (including phenoxy) is 3. The van der Waals surface area contributed by atoms with E-state index in [0.717, 1.165) is 5.56 Å². The van der Waals surface area contributed by atoms with Gasteiger partial charge in [-0.25, -0.2) is 0 Å². The first-order chi connectivity index (χ1) is 11.8. The van der Waals surface area contributed by atoms with Gasteiger partial charge in [-0.1, -0.05) is 6.07 Å². The van der Waals surface area contributed by atoms with Crippen molar-refractivity contribution >= 4 is 5.96 Å². The minimum Gasteiger partial charge on any atom is -0.490 e. The van der Waals surface area contributed by atoms with Crippen LogP contribution >= 0.6 is 0 Å². The van der Waals surface area contributed by atoms with Crippen LogP contribution in [0.3, 0.4) is 0 Å². The van der Waals surface area contributed by atoms with Gasteiger partial charge in [0.25, 0.3) is 0 Å². The van der Waals surface area contributed by atoms with Gasteiger partial charge in [0, 0.05) is 27.2 Å². The van der Waals surface area contributed by atoms with Gasteiger partial charge < -0.3 is 24.8 Å². The highest BCUT2D eigenvalue weighted by atomic mass is 19.3. The Balaban J connectivity index is 2.70. The molecule has 2 N–H and O–H groups in total. The number of alkyl halides is 2. The number of rotatable bonds is 9. The van der Waals surface area contributed by atoms with E-state index in [4.69, 9.17) is 9.47 Å². The Hall–Kier alpha value is -2.09. The molecule has 0 amide bonds. The molecule has 0 saturated heterocycles. The molecule has 0 heterocycles. The van der Waals surface area contributed by atoms with Crippen LogP contribution in [0.25, 0.3) is 0 Å². The molecule has 0 spiro atoms. The number of guanidine groups is 1. The molecule has 6 nitrogen and oxygen atoms in total. The van der Waals surface area contributed by atoms with E-state index in [0.29, 0.717) is 25.7 Å². The Labute approximate surface area is 147 Å². The number of nitrogens with zero attached hydrogens (tertiary/aromatic N) is 1. The summed E-state index contributed by atoms with van der Waals surface area (Å²) < 4.78 is 40.0. The summed E-state index contributed by atoms with van der Waals surface area (Å²) in [5, 5.41) is 6.32. The number of methoxy groups -OCH3 is 1. The predicted molar refractivity (Wildman–Crippen MR) is 93.5 cm³/mol. The molecule has 0 radical (unpaired) electrons. The minimum absolute atomic E-state index is 0.0185. The summed E-state index contributed by atoms with van der Waals surface area (Å²) in [6.45, 7) is 4.19. The van der Waals surface area contributed by atoms with Crippen molar-refractivity contribution in [3.63, 3.8) is 0 Å². The monoisotopic (exact) mass is 359 g/mol. The Bertz CT molecular complexity index is 566. The van der Waals surface area contributed by atoms with E-state index < -0.39 is 6.61 Å². The molecule has 0 saturated carbocycles. The first kappa shape index (κ1) is 21.0. The lowest BCUT2D eigenvalue weighted by atomic mass is 10.1. The maximum atomic E-state index is 12.4. The summed E-state index contributed by atoms with van der Waals surface area (Å²) in [4.78, 5) is 4.14. The lowest BCUT2D eigenvalue weighted by molar-refractivity contribution is -0.0514. The van der Waals surface area contributed by atoms with E-state index in [2.05, 4.69) is 20.4 Å². The van der Waals surface area contributed by atoms with Gasteiger partial charge in [-0.2, -0.15) is 8.78 Å². The average molecular weight is 359 g/mol. The first-order valence-corrected chi connectivity index (χ1v) is 8.01. The van der Waals surface area contributed by atoms with Crippen LogP contribution in [0.4, 0.5) is 8.78 Å². The van der Waals surface area contributed by atoms with Crippen molar-refractivity contribution in [2.24, 2.45) is 4.99 Å². The molecule has 0 aliphatic heterocycles. The van der Waals surface area contributed by atoms with E-state index in [9.17, 15) is 8.78 Å². The third-order valence-corrected chi connectivity index (χ3v) is 3.44. The van der Waals surface area contributed by atoms with Gasteiger partial charge in [0.05, 0.1) is 12.2 Å². The van der Waals surface area contributed by atoms with Crippen LogP contribution in [-0.4, -0.2) is 45.5 Å². The van der Waals surface area contributed by atoms with Crippen molar-refractivity contribution in [2.75, 3.05) is 27.3 Å². The molecule has 25 heavy (non-hydrogen) atoms. The SMILES string of the molecule is CCOc1cc(CNC(=NC)NCC(C)(C)OC)ccc1OC(F)F. The van der Waals surface area contributed by atoms with Crippen molar-refractivity contribution in [3.05, 3.63) is 23.8 Å². The largest absolute Gasteiger partial charge is 0.490 e. The van der Waals surface area contributed by atoms with Crippen LogP contribution in [-0.2, 0) is 11.3 Å². The van der Waals surface area contributed by atoms with Gasteiger partial charge in [0.15, 0.2) is 17.5 Å². The number of halogens is 2. The fourth-order valence-corrected chi connectivity index (χ4v) is 1.90. The van der Waals surface area contributed by atoms with Crippen LogP contribution in [0.1, 0.15) is 26.3 Å². The summed E-state index contributed by atoms with van der Waals surface area (Å²) in [7, 11) is 3.32. The van der Waals surface area contributed by atoms with E-state index in [1.165, 1.54) is 6.07 Å². The lowest BCUT2D eigenvalue weighted by Crippen LogP contribution is -2.45. The topological polar surface area (TPSA) is 64.1 Å². The number of aliphatic imine (C=N–C) groups is 1. The van der Waals surface area contributed by atoms with Gasteiger partial charge in [-0.3, -0.25) is 4.99 Å². The summed E-state index contributed by atoms with van der Waals surface area (Å²) >= 11 is 0. The number of hydrogen-bond donors (Lipinski definition) is 2. The average Bonchev–Trinajstić information content (AvgIpc) is 2.57. The molecule has 1 aromatic rings. The normalized spacial score (nSPS) is 12.2. The molecule has 0 aromatic heterocycles. The maximum absolute atomic E-state index is 12.4. The Morgan fingerprint density at radius 2 is 1.96 bits per heavy atom. The quantitative estimate of drug-likeness (QED) is 0.524. The zero-order valence-corrected chi connectivity index (χ0v) is 15.4. The molecular weight excluding hydrogens is 332 g/mol. The van der Waals surface area contributed by atoms with Gasteiger partial charge in [0.1, 0.15) is 0 Å². The van der Waals surface area contributed by atoms with Crippen LogP contribution in [0.15, 0.2) is 23.2 Å². The van der Waals surface area contributed by atoms with E-state index in [-0.39, 0.29) is 17.1 Å². The van der Waals surface area contributed by atoms with Crippen LogP contribution < -0.4 is 20.1 Å². The van der Waals surface area contributed by atoms with Crippen LogP contribution in [0.5, 0.6) is 11.5 Å². The molecular formula is C17H27F2N3O3. The third-order valence-electron chi connectivity index (χ3n) is 3.44. The van der Waals surface area contributed by atoms with Gasteiger partial charge >= 0.3 is 6.61 Å². The van der Waals surface area contributed by atoms with Crippen LogP contribution in [0.2, 0.25) is 0 Å². The highest BCUT2D eigenvalue weighted by molar-refractivity contribution is 5.79. The molecule has 8 heteroatoms.